The Bertz CT molecular complexity index is 761. The average molecular weight is 327 g/mol. The molecule has 2 N–H and O–H groups in total. The lowest BCUT2D eigenvalue weighted by molar-refractivity contribution is 0.206. The first kappa shape index (κ1) is 17.7. The number of halogens is 1. The van der Waals surface area contributed by atoms with Gasteiger partial charge >= 0.3 is 0 Å². The Morgan fingerprint density at radius 1 is 1.17 bits per heavy atom. The molecule has 0 amide bonds. The largest absolute Gasteiger partial charge is 0.508 e. The number of nitrogens with zero attached hydrogens (tertiary/aromatic N) is 2. The Labute approximate surface area is 141 Å². The second-order valence-electron chi connectivity index (χ2n) is 6.27. The van der Waals surface area contributed by atoms with E-state index in [1.807, 2.05) is 13.0 Å². The van der Waals surface area contributed by atoms with Crippen molar-refractivity contribution >= 4 is 11.3 Å². The van der Waals surface area contributed by atoms with E-state index in [9.17, 15) is 9.50 Å². The van der Waals surface area contributed by atoms with Gasteiger partial charge in [0.05, 0.1) is 0 Å². The first-order valence-electron chi connectivity index (χ1n) is 7.60. The van der Waals surface area contributed by atoms with Crippen molar-refractivity contribution in [3.8, 4) is 5.75 Å². The summed E-state index contributed by atoms with van der Waals surface area (Å²) in [4.78, 5) is 8.09. The van der Waals surface area contributed by atoms with Crippen LogP contribution < -0.4 is 5.32 Å². The standard InChI is InChI=1S/C19H22FN3O/c1-12(2)15-6-16(8-17(24)7-15)13(3)21-9-14-10-22-18(23-11-14)19(4,5)20/h6-8,10-11,21,24H,1,3,9H2,2,4-5H3. The highest BCUT2D eigenvalue weighted by Crippen LogP contribution is 2.24. The molecule has 0 unspecified atom stereocenters. The number of phenolic OH excluding ortho intramolecular Hbond substituents is 1. The van der Waals surface area contributed by atoms with E-state index in [-0.39, 0.29) is 11.6 Å². The third-order valence-electron chi connectivity index (χ3n) is 3.50. The third kappa shape index (κ3) is 4.41. The molecule has 0 radical (unpaired) electrons. The number of aromatic nitrogens is 2. The van der Waals surface area contributed by atoms with Gasteiger partial charge in [-0.2, -0.15) is 0 Å². The smallest absolute Gasteiger partial charge is 0.165 e. The van der Waals surface area contributed by atoms with Crippen molar-refractivity contribution < 1.29 is 9.50 Å². The Morgan fingerprint density at radius 3 is 2.29 bits per heavy atom. The lowest BCUT2D eigenvalue weighted by Gasteiger charge is -2.14. The van der Waals surface area contributed by atoms with E-state index in [0.717, 1.165) is 22.3 Å². The van der Waals surface area contributed by atoms with Crippen molar-refractivity contribution in [1.82, 2.24) is 15.3 Å². The van der Waals surface area contributed by atoms with Crippen molar-refractivity contribution in [1.29, 1.82) is 0 Å². The Hall–Kier alpha value is -2.69. The van der Waals surface area contributed by atoms with Crippen molar-refractivity contribution in [3.63, 3.8) is 0 Å². The highest BCUT2D eigenvalue weighted by molar-refractivity contribution is 5.70. The van der Waals surface area contributed by atoms with Crippen LogP contribution in [0.3, 0.4) is 0 Å². The number of aromatic hydroxyl groups is 1. The van der Waals surface area contributed by atoms with E-state index in [0.29, 0.717) is 12.2 Å². The molecule has 0 aliphatic heterocycles. The summed E-state index contributed by atoms with van der Waals surface area (Å²) in [5, 5.41) is 13.0. The third-order valence-corrected chi connectivity index (χ3v) is 3.50. The van der Waals surface area contributed by atoms with Gasteiger partial charge in [0, 0.05) is 35.8 Å². The van der Waals surface area contributed by atoms with Crippen molar-refractivity contribution in [2.75, 3.05) is 0 Å². The van der Waals surface area contributed by atoms with Gasteiger partial charge in [-0.3, -0.25) is 0 Å². The van der Waals surface area contributed by atoms with E-state index < -0.39 is 5.67 Å². The van der Waals surface area contributed by atoms with Crippen LogP contribution in [0.4, 0.5) is 4.39 Å². The Kier molecular flexibility index (Phi) is 5.02. The van der Waals surface area contributed by atoms with Crippen LogP contribution >= 0.6 is 0 Å². The minimum absolute atomic E-state index is 0.157. The van der Waals surface area contributed by atoms with Gasteiger partial charge < -0.3 is 10.4 Å². The van der Waals surface area contributed by atoms with Crippen LogP contribution in [0, 0.1) is 0 Å². The molecule has 2 rings (SSSR count). The fourth-order valence-electron chi connectivity index (χ4n) is 2.10. The predicted molar refractivity (Wildman–Crippen MR) is 94.9 cm³/mol. The van der Waals surface area contributed by atoms with Crippen LogP contribution in [-0.4, -0.2) is 15.1 Å². The maximum Gasteiger partial charge on any atom is 0.165 e. The van der Waals surface area contributed by atoms with E-state index in [1.165, 1.54) is 13.8 Å². The number of rotatable bonds is 6. The molecule has 0 atom stereocenters. The van der Waals surface area contributed by atoms with Crippen LogP contribution in [0.25, 0.3) is 11.3 Å². The van der Waals surface area contributed by atoms with Gasteiger partial charge in [-0.25, -0.2) is 14.4 Å². The first-order chi connectivity index (χ1) is 11.2. The van der Waals surface area contributed by atoms with Crippen LogP contribution in [0.2, 0.25) is 0 Å². The number of benzene rings is 1. The molecule has 5 heteroatoms. The monoisotopic (exact) mass is 327 g/mol. The number of hydrogen-bond acceptors (Lipinski definition) is 4. The van der Waals surface area contributed by atoms with E-state index in [2.05, 4.69) is 28.4 Å². The summed E-state index contributed by atoms with van der Waals surface area (Å²) in [5.41, 5.74) is 2.39. The number of hydrogen-bond donors (Lipinski definition) is 2. The molecule has 1 aromatic carbocycles. The molecule has 126 valence electrons. The van der Waals surface area contributed by atoms with Gasteiger partial charge in [0.2, 0.25) is 0 Å². The van der Waals surface area contributed by atoms with E-state index in [1.54, 1.807) is 24.5 Å². The summed E-state index contributed by atoms with van der Waals surface area (Å²) in [5.74, 6) is 0.315. The fraction of sp³-hybridized carbons (Fsp3) is 0.263. The molecule has 1 aromatic heterocycles. The van der Waals surface area contributed by atoms with Gasteiger partial charge in [-0.05, 0) is 44.5 Å². The average Bonchev–Trinajstić information content (AvgIpc) is 2.51. The zero-order valence-corrected chi connectivity index (χ0v) is 14.2. The predicted octanol–water partition coefficient (Wildman–Crippen LogP) is 4.18. The summed E-state index contributed by atoms with van der Waals surface area (Å²) >= 11 is 0. The maximum atomic E-state index is 13.7. The van der Waals surface area contributed by atoms with E-state index in [4.69, 9.17) is 0 Å². The van der Waals surface area contributed by atoms with Gasteiger partial charge in [-0.15, -0.1) is 0 Å². The summed E-state index contributed by atoms with van der Waals surface area (Å²) in [6.45, 7) is 13.0. The number of allylic oxidation sites excluding steroid dienone is 1. The normalized spacial score (nSPS) is 11.2. The quantitative estimate of drug-likeness (QED) is 0.835. The highest BCUT2D eigenvalue weighted by Gasteiger charge is 2.21. The summed E-state index contributed by atoms with van der Waals surface area (Å²) < 4.78 is 13.7. The van der Waals surface area contributed by atoms with Gasteiger partial charge in [0.25, 0.3) is 0 Å². The molecule has 0 fully saturated rings. The van der Waals surface area contributed by atoms with Crippen molar-refractivity contribution in [2.45, 2.75) is 33.0 Å². The first-order valence-corrected chi connectivity index (χ1v) is 7.60. The highest BCUT2D eigenvalue weighted by atomic mass is 19.1. The molecular weight excluding hydrogens is 305 g/mol. The molecule has 2 aromatic rings. The fourth-order valence-corrected chi connectivity index (χ4v) is 2.10. The molecule has 0 saturated carbocycles. The molecular formula is C19H22FN3O. The van der Waals surface area contributed by atoms with Gasteiger partial charge in [0.15, 0.2) is 11.5 Å². The zero-order valence-electron chi connectivity index (χ0n) is 14.2. The molecule has 1 heterocycles. The Balaban J connectivity index is 2.07. The summed E-state index contributed by atoms with van der Waals surface area (Å²) in [6, 6.07) is 5.19. The van der Waals surface area contributed by atoms with Crippen molar-refractivity contribution in [3.05, 3.63) is 66.3 Å². The van der Waals surface area contributed by atoms with Crippen LogP contribution in [0.5, 0.6) is 5.75 Å². The molecule has 0 aliphatic rings. The van der Waals surface area contributed by atoms with Crippen LogP contribution in [0.1, 0.15) is 43.3 Å². The van der Waals surface area contributed by atoms with E-state index >= 15 is 0 Å². The summed E-state index contributed by atoms with van der Waals surface area (Å²) in [7, 11) is 0. The van der Waals surface area contributed by atoms with Crippen LogP contribution in [-0.2, 0) is 12.2 Å². The second kappa shape index (κ2) is 6.83. The molecule has 0 aliphatic carbocycles. The summed E-state index contributed by atoms with van der Waals surface area (Å²) in [6.07, 6.45) is 3.18. The van der Waals surface area contributed by atoms with Crippen LogP contribution in [0.15, 0.2) is 43.8 Å². The van der Waals surface area contributed by atoms with Gasteiger partial charge in [-0.1, -0.05) is 18.7 Å². The number of alkyl halides is 1. The molecule has 0 saturated heterocycles. The maximum absolute atomic E-state index is 13.7. The number of nitrogens with one attached hydrogen (secondary N) is 1. The topological polar surface area (TPSA) is 58.0 Å². The number of phenols is 1. The molecule has 24 heavy (non-hydrogen) atoms. The Morgan fingerprint density at radius 2 is 1.75 bits per heavy atom. The lowest BCUT2D eigenvalue weighted by atomic mass is 10.0. The minimum Gasteiger partial charge on any atom is -0.508 e. The molecule has 0 spiro atoms. The molecule has 0 bridgehead atoms. The second-order valence-corrected chi connectivity index (χ2v) is 6.27. The SMILES string of the molecule is C=C(C)c1cc(O)cc(C(=C)NCc2cnc(C(C)(C)F)nc2)c1. The van der Waals surface area contributed by atoms with Crippen molar-refractivity contribution in [2.24, 2.45) is 0 Å². The molecule has 4 nitrogen and oxygen atoms in total. The van der Waals surface area contributed by atoms with Gasteiger partial charge in [0.1, 0.15) is 5.75 Å². The minimum atomic E-state index is -1.56. The lowest BCUT2D eigenvalue weighted by Crippen LogP contribution is -2.16. The zero-order chi connectivity index (χ0) is 17.9.